The predicted octanol–water partition coefficient (Wildman–Crippen LogP) is 3.24. The van der Waals surface area contributed by atoms with Gasteiger partial charge in [0.15, 0.2) is 0 Å². The average molecular weight is 249 g/mol. The highest BCUT2D eigenvalue weighted by Gasteiger charge is 2.67. The fourth-order valence-corrected chi connectivity index (χ4v) is 3.44. The van der Waals surface area contributed by atoms with Crippen molar-refractivity contribution in [1.29, 1.82) is 0 Å². The largest absolute Gasteiger partial charge is 0.310 e. The molecule has 0 radical (unpaired) electrons. The molecule has 0 bridgehead atoms. The third-order valence-corrected chi connectivity index (χ3v) is 5.23. The van der Waals surface area contributed by atoms with Crippen molar-refractivity contribution in [2.45, 2.75) is 54.1 Å². The zero-order valence-electron chi connectivity index (χ0n) is 12.6. The van der Waals surface area contributed by atoms with Gasteiger partial charge in [-0.1, -0.05) is 34.6 Å². The Hall–Kier alpha value is -0.830. The Kier molecular flexibility index (Phi) is 3.30. The number of nitrogens with zero attached hydrogens (tertiary/aromatic N) is 2. The first-order valence-electron chi connectivity index (χ1n) is 7.12. The van der Waals surface area contributed by atoms with E-state index >= 15 is 0 Å². The molecule has 1 aromatic heterocycles. The van der Waals surface area contributed by atoms with Gasteiger partial charge in [-0.05, 0) is 30.2 Å². The lowest BCUT2D eigenvalue weighted by molar-refractivity contribution is 0.418. The molecule has 1 N–H and O–H groups in total. The van der Waals surface area contributed by atoms with E-state index in [1.807, 2.05) is 10.9 Å². The molecule has 3 heteroatoms. The van der Waals surface area contributed by atoms with E-state index in [2.05, 4.69) is 58.2 Å². The summed E-state index contributed by atoms with van der Waals surface area (Å²) < 4.78 is 2.02. The summed E-state index contributed by atoms with van der Waals surface area (Å²) in [6, 6.07) is 0.431. The molecule has 2 rings (SSSR count). The summed E-state index contributed by atoms with van der Waals surface area (Å²) in [7, 11) is 0. The maximum atomic E-state index is 4.42. The summed E-state index contributed by atoms with van der Waals surface area (Å²) in [5.41, 5.74) is 2.13. The molecule has 102 valence electrons. The van der Waals surface area contributed by atoms with E-state index in [4.69, 9.17) is 0 Å². The van der Waals surface area contributed by atoms with Gasteiger partial charge in [0.2, 0.25) is 0 Å². The molecule has 1 aliphatic carbocycles. The van der Waals surface area contributed by atoms with Crippen molar-refractivity contribution in [3.05, 3.63) is 18.0 Å². The summed E-state index contributed by atoms with van der Waals surface area (Å²) in [6.45, 7) is 15.8. The molecule has 1 aromatic rings. The topological polar surface area (TPSA) is 29.9 Å². The highest BCUT2D eigenvalue weighted by molar-refractivity contribution is 5.24. The number of rotatable bonds is 5. The molecule has 0 aliphatic heterocycles. The molecule has 1 aliphatic rings. The van der Waals surface area contributed by atoms with Crippen LogP contribution in [0.3, 0.4) is 0 Å². The Morgan fingerprint density at radius 1 is 1.28 bits per heavy atom. The van der Waals surface area contributed by atoms with Crippen molar-refractivity contribution in [2.24, 2.45) is 16.7 Å². The molecule has 0 amide bonds. The summed E-state index contributed by atoms with van der Waals surface area (Å²) in [6.07, 6.45) is 4.22. The van der Waals surface area contributed by atoms with Crippen molar-refractivity contribution in [1.82, 2.24) is 15.1 Å². The van der Waals surface area contributed by atoms with E-state index in [0.29, 0.717) is 22.8 Å². The monoisotopic (exact) mass is 249 g/mol. The number of aryl methyl sites for hydroxylation is 1. The van der Waals surface area contributed by atoms with Crippen molar-refractivity contribution >= 4 is 0 Å². The van der Waals surface area contributed by atoms with Crippen LogP contribution in [-0.2, 0) is 6.54 Å². The van der Waals surface area contributed by atoms with Gasteiger partial charge in [0.05, 0.1) is 6.20 Å². The van der Waals surface area contributed by atoms with E-state index in [-0.39, 0.29) is 0 Å². The molecule has 0 aromatic carbocycles. The highest BCUT2D eigenvalue weighted by Crippen LogP contribution is 2.72. The van der Waals surface area contributed by atoms with Gasteiger partial charge in [-0.3, -0.25) is 4.68 Å². The van der Waals surface area contributed by atoms with Crippen LogP contribution in [0.15, 0.2) is 12.4 Å². The molecular formula is C15H27N3. The van der Waals surface area contributed by atoms with E-state index < -0.39 is 0 Å². The maximum absolute atomic E-state index is 4.42. The molecule has 1 heterocycles. The Labute approximate surface area is 111 Å². The molecule has 1 atom stereocenters. The van der Waals surface area contributed by atoms with Crippen LogP contribution >= 0.6 is 0 Å². The first-order valence-corrected chi connectivity index (χ1v) is 7.12. The Morgan fingerprint density at radius 3 is 2.28 bits per heavy atom. The van der Waals surface area contributed by atoms with Crippen LogP contribution in [0.25, 0.3) is 0 Å². The normalized spacial score (nSPS) is 23.0. The first-order chi connectivity index (χ1) is 8.36. The van der Waals surface area contributed by atoms with Gasteiger partial charge in [0.25, 0.3) is 0 Å². The van der Waals surface area contributed by atoms with Crippen molar-refractivity contribution in [3.8, 4) is 0 Å². The van der Waals surface area contributed by atoms with E-state index in [1.165, 1.54) is 5.56 Å². The molecule has 3 nitrogen and oxygen atoms in total. The van der Waals surface area contributed by atoms with Crippen LogP contribution in [0.2, 0.25) is 0 Å². The SMILES string of the molecule is CCNC(c1cnn(CC)c1)C1C(C)(C)C1(C)C. The van der Waals surface area contributed by atoms with Crippen molar-refractivity contribution in [3.63, 3.8) is 0 Å². The van der Waals surface area contributed by atoms with Gasteiger partial charge in [-0.2, -0.15) is 5.10 Å². The van der Waals surface area contributed by atoms with Gasteiger partial charge in [-0.25, -0.2) is 0 Å². The summed E-state index contributed by atoms with van der Waals surface area (Å²) in [5.74, 6) is 0.680. The maximum Gasteiger partial charge on any atom is 0.0537 e. The molecule has 0 saturated heterocycles. The number of nitrogens with one attached hydrogen (secondary N) is 1. The minimum Gasteiger partial charge on any atom is -0.310 e. The minimum atomic E-state index is 0.397. The van der Waals surface area contributed by atoms with Gasteiger partial charge >= 0.3 is 0 Å². The average Bonchev–Trinajstić information content (AvgIpc) is 2.70. The van der Waals surface area contributed by atoms with E-state index in [0.717, 1.165) is 13.1 Å². The lowest BCUT2D eigenvalue weighted by Crippen LogP contribution is -2.24. The van der Waals surface area contributed by atoms with Gasteiger partial charge in [0.1, 0.15) is 0 Å². The molecule has 1 fully saturated rings. The van der Waals surface area contributed by atoms with Crippen molar-refractivity contribution < 1.29 is 0 Å². The fourth-order valence-electron chi connectivity index (χ4n) is 3.44. The lowest BCUT2D eigenvalue weighted by Gasteiger charge is -2.18. The fraction of sp³-hybridized carbons (Fsp3) is 0.800. The van der Waals surface area contributed by atoms with Crippen LogP contribution in [0, 0.1) is 16.7 Å². The van der Waals surface area contributed by atoms with Crippen molar-refractivity contribution in [2.75, 3.05) is 6.54 Å². The second kappa shape index (κ2) is 4.37. The second-order valence-electron chi connectivity index (χ2n) is 6.59. The lowest BCUT2D eigenvalue weighted by atomic mass is 9.99. The summed E-state index contributed by atoms with van der Waals surface area (Å²) in [4.78, 5) is 0. The highest BCUT2D eigenvalue weighted by atomic mass is 15.3. The molecular weight excluding hydrogens is 222 g/mol. The smallest absolute Gasteiger partial charge is 0.0537 e. The van der Waals surface area contributed by atoms with Crippen LogP contribution in [0.4, 0.5) is 0 Å². The number of aromatic nitrogens is 2. The molecule has 1 saturated carbocycles. The van der Waals surface area contributed by atoms with Crippen LogP contribution in [-0.4, -0.2) is 16.3 Å². The second-order valence-corrected chi connectivity index (χ2v) is 6.59. The quantitative estimate of drug-likeness (QED) is 0.868. The van der Waals surface area contributed by atoms with E-state index in [1.54, 1.807) is 0 Å². The van der Waals surface area contributed by atoms with Gasteiger partial charge in [-0.15, -0.1) is 0 Å². The first kappa shape index (κ1) is 13.6. The molecule has 0 spiro atoms. The third-order valence-electron chi connectivity index (χ3n) is 5.23. The Morgan fingerprint density at radius 2 is 1.89 bits per heavy atom. The van der Waals surface area contributed by atoms with Crippen LogP contribution in [0.5, 0.6) is 0 Å². The standard InChI is InChI=1S/C15H27N3/c1-7-16-12(11-9-17-18(8-2)10-11)13-14(3,4)15(13,5)6/h9-10,12-13,16H,7-8H2,1-6H3. The molecule has 1 unspecified atom stereocenters. The molecule has 18 heavy (non-hydrogen) atoms. The summed E-state index contributed by atoms with van der Waals surface area (Å²) >= 11 is 0. The van der Waals surface area contributed by atoms with E-state index in [9.17, 15) is 0 Å². The number of hydrogen-bond donors (Lipinski definition) is 1. The number of hydrogen-bond acceptors (Lipinski definition) is 2. The zero-order valence-corrected chi connectivity index (χ0v) is 12.6. The van der Waals surface area contributed by atoms with Gasteiger partial charge in [0, 0.05) is 24.3 Å². The Bertz CT molecular complexity index is 403. The third kappa shape index (κ3) is 1.89. The van der Waals surface area contributed by atoms with Crippen LogP contribution < -0.4 is 5.32 Å². The van der Waals surface area contributed by atoms with Gasteiger partial charge < -0.3 is 5.32 Å². The minimum absolute atomic E-state index is 0.397. The predicted molar refractivity (Wildman–Crippen MR) is 75.4 cm³/mol. The zero-order chi connectivity index (χ0) is 13.6. The van der Waals surface area contributed by atoms with Crippen LogP contribution in [0.1, 0.15) is 53.1 Å². The summed E-state index contributed by atoms with van der Waals surface area (Å²) in [5, 5.41) is 8.08. The Balaban J connectivity index is 2.25.